The molecule has 0 radical (unpaired) electrons. The van der Waals surface area contributed by atoms with Crippen LogP contribution < -0.4 is 14.8 Å². The average Bonchev–Trinajstić information content (AvgIpc) is 2.74. The van der Waals surface area contributed by atoms with E-state index in [-0.39, 0.29) is 28.1 Å². The van der Waals surface area contributed by atoms with Gasteiger partial charge in [-0.25, -0.2) is 8.42 Å². The smallest absolute Gasteiger partial charge is 0.261 e. The van der Waals surface area contributed by atoms with E-state index in [1.807, 2.05) is 59.8 Å². The van der Waals surface area contributed by atoms with Crippen LogP contribution in [-0.4, -0.2) is 21.4 Å². The van der Waals surface area contributed by atoms with E-state index in [2.05, 4.69) is 10.0 Å². The standard InChI is InChI=1S/C22H21IN2O4S/c1-15(16-8-4-3-5-9-16)24-22(26)18-10-6-7-11-20(18)25-30(27,28)17-12-13-21(29-2)19(23)14-17/h3-15,25H,1-2H3,(H,24,26). The Balaban J connectivity index is 1.84. The third-order valence-corrected chi connectivity index (χ3v) is 6.70. The van der Waals surface area contributed by atoms with Gasteiger partial charge < -0.3 is 10.1 Å². The van der Waals surface area contributed by atoms with Crippen molar-refractivity contribution in [3.63, 3.8) is 0 Å². The van der Waals surface area contributed by atoms with Crippen LogP contribution in [0.1, 0.15) is 28.9 Å². The molecule has 30 heavy (non-hydrogen) atoms. The minimum absolute atomic E-state index is 0.0839. The molecule has 0 fully saturated rings. The monoisotopic (exact) mass is 536 g/mol. The van der Waals surface area contributed by atoms with Gasteiger partial charge in [-0.2, -0.15) is 0 Å². The van der Waals surface area contributed by atoms with Crippen molar-refractivity contribution in [2.75, 3.05) is 11.8 Å². The van der Waals surface area contributed by atoms with E-state index in [1.165, 1.54) is 19.2 Å². The summed E-state index contributed by atoms with van der Waals surface area (Å²) in [4.78, 5) is 12.9. The van der Waals surface area contributed by atoms with Crippen molar-refractivity contribution >= 4 is 44.2 Å². The molecule has 1 unspecified atom stereocenters. The van der Waals surface area contributed by atoms with Crippen LogP contribution in [0.15, 0.2) is 77.7 Å². The number of rotatable bonds is 7. The van der Waals surface area contributed by atoms with Gasteiger partial charge in [-0.05, 0) is 65.4 Å². The van der Waals surface area contributed by atoms with Crippen molar-refractivity contribution < 1.29 is 17.9 Å². The van der Waals surface area contributed by atoms with Crippen molar-refractivity contribution in [1.29, 1.82) is 0 Å². The SMILES string of the molecule is COc1ccc(S(=O)(=O)Nc2ccccc2C(=O)NC(C)c2ccccc2)cc1I. The van der Waals surface area contributed by atoms with E-state index in [9.17, 15) is 13.2 Å². The second kappa shape index (κ2) is 9.48. The van der Waals surface area contributed by atoms with Crippen LogP contribution in [0.3, 0.4) is 0 Å². The van der Waals surface area contributed by atoms with Crippen LogP contribution in [0.5, 0.6) is 5.75 Å². The largest absolute Gasteiger partial charge is 0.496 e. The van der Waals surface area contributed by atoms with Crippen molar-refractivity contribution in [2.45, 2.75) is 17.9 Å². The van der Waals surface area contributed by atoms with Crippen LogP contribution >= 0.6 is 22.6 Å². The molecule has 0 saturated carbocycles. The van der Waals surface area contributed by atoms with E-state index in [4.69, 9.17) is 4.74 Å². The van der Waals surface area contributed by atoms with Gasteiger partial charge in [-0.15, -0.1) is 0 Å². The fraction of sp³-hybridized carbons (Fsp3) is 0.136. The third-order valence-electron chi connectivity index (χ3n) is 4.50. The molecule has 0 aromatic heterocycles. The third kappa shape index (κ3) is 5.11. The highest BCUT2D eigenvalue weighted by atomic mass is 127. The Morgan fingerprint density at radius 3 is 2.33 bits per heavy atom. The average molecular weight is 536 g/mol. The van der Waals surface area contributed by atoms with Crippen molar-refractivity contribution in [3.05, 3.63) is 87.5 Å². The Labute approximate surface area is 189 Å². The normalized spacial score (nSPS) is 12.1. The summed E-state index contributed by atoms with van der Waals surface area (Å²) in [6.07, 6.45) is 0. The first-order chi connectivity index (χ1) is 14.3. The summed E-state index contributed by atoms with van der Waals surface area (Å²) in [5.74, 6) is 0.221. The van der Waals surface area contributed by atoms with Crippen molar-refractivity contribution in [3.8, 4) is 5.75 Å². The molecule has 0 bridgehead atoms. The molecular formula is C22H21IN2O4S. The second-order valence-electron chi connectivity index (χ2n) is 6.55. The van der Waals surface area contributed by atoms with E-state index >= 15 is 0 Å². The van der Waals surface area contributed by atoms with E-state index in [0.29, 0.717) is 9.32 Å². The van der Waals surface area contributed by atoms with Gasteiger partial charge >= 0.3 is 0 Å². The van der Waals surface area contributed by atoms with Gasteiger partial charge in [0.05, 0.1) is 32.9 Å². The summed E-state index contributed by atoms with van der Waals surface area (Å²) in [6.45, 7) is 1.87. The first kappa shape index (κ1) is 22.1. The van der Waals surface area contributed by atoms with Crippen LogP contribution in [-0.2, 0) is 10.0 Å². The molecule has 3 aromatic carbocycles. The van der Waals surface area contributed by atoms with Gasteiger partial charge in [0.25, 0.3) is 15.9 Å². The molecule has 6 nitrogen and oxygen atoms in total. The molecule has 8 heteroatoms. The summed E-state index contributed by atoms with van der Waals surface area (Å²) >= 11 is 2.01. The second-order valence-corrected chi connectivity index (χ2v) is 9.40. The summed E-state index contributed by atoms with van der Waals surface area (Å²) in [7, 11) is -2.36. The predicted octanol–water partition coefficient (Wildman–Crippen LogP) is 4.59. The molecule has 0 saturated heterocycles. The Kier molecular flexibility index (Phi) is 6.99. The molecule has 0 aliphatic rings. The highest BCUT2D eigenvalue weighted by Crippen LogP contribution is 2.26. The number of nitrogens with one attached hydrogen (secondary N) is 2. The number of carbonyl (C=O) groups excluding carboxylic acids is 1. The Morgan fingerprint density at radius 2 is 1.67 bits per heavy atom. The number of hydrogen-bond acceptors (Lipinski definition) is 4. The quantitative estimate of drug-likeness (QED) is 0.433. The maximum absolute atomic E-state index is 12.9. The highest BCUT2D eigenvalue weighted by molar-refractivity contribution is 14.1. The number of amides is 1. The zero-order valence-corrected chi connectivity index (χ0v) is 19.4. The first-order valence-corrected chi connectivity index (χ1v) is 11.7. The van der Waals surface area contributed by atoms with Gasteiger partial charge in [-0.1, -0.05) is 42.5 Å². The number of ether oxygens (including phenoxy) is 1. The summed E-state index contributed by atoms with van der Waals surface area (Å²) < 4.78 is 34.1. The van der Waals surface area contributed by atoms with Gasteiger partial charge in [0.2, 0.25) is 0 Å². The number of para-hydroxylation sites is 1. The molecule has 3 rings (SSSR count). The summed E-state index contributed by atoms with van der Waals surface area (Å²) in [6, 6.07) is 20.4. The lowest BCUT2D eigenvalue weighted by molar-refractivity contribution is 0.0941. The zero-order chi connectivity index (χ0) is 21.7. The lowest BCUT2D eigenvalue weighted by Gasteiger charge is -2.17. The highest BCUT2D eigenvalue weighted by Gasteiger charge is 2.20. The minimum Gasteiger partial charge on any atom is -0.496 e. The lowest BCUT2D eigenvalue weighted by Crippen LogP contribution is -2.28. The van der Waals surface area contributed by atoms with Crippen LogP contribution in [0.4, 0.5) is 5.69 Å². The number of anilines is 1. The Hall–Kier alpha value is -2.59. The molecule has 0 aliphatic carbocycles. The lowest BCUT2D eigenvalue weighted by atomic mass is 10.1. The molecule has 1 amide bonds. The van der Waals surface area contributed by atoms with E-state index in [0.717, 1.165) is 5.56 Å². The molecule has 1 atom stereocenters. The number of benzene rings is 3. The van der Waals surface area contributed by atoms with Gasteiger partial charge in [-0.3, -0.25) is 9.52 Å². The van der Waals surface area contributed by atoms with Gasteiger partial charge in [0, 0.05) is 0 Å². The van der Waals surface area contributed by atoms with E-state index < -0.39 is 10.0 Å². The number of halogens is 1. The first-order valence-electron chi connectivity index (χ1n) is 9.13. The van der Waals surface area contributed by atoms with Gasteiger partial charge in [0.15, 0.2) is 0 Å². The predicted molar refractivity (Wildman–Crippen MR) is 125 cm³/mol. The Morgan fingerprint density at radius 1 is 1.00 bits per heavy atom. The summed E-state index contributed by atoms with van der Waals surface area (Å²) in [5, 5.41) is 2.91. The molecule has 0 heterocycles. The van der Waals surface area contributed by atoms with E-state index in [1.54, 1.807) is 30.3 Å². The number of carbonyl (C=O) groups is 1. The maximum Gasteiger partial charge on any atom is 0.261 e. The van der Waals surface area contributed by atoms with Gasteiger partial charge in [0.1, 0.15) is 5.75 Å². The molecular weight excluding hydrogens is 515 g/mol. The fourth-order valence-electron chi connectivity index (χ4n) is 2.89. The molecule has 3 aromatic rings. The van der Waals surface area contributed by atoms with Crippen LogP contribution in [0.25, 0.3) is 0 Å². The van der Waals surface area contributed by atoms with Crippen LogP contribution in [0.2, 0.25) is 0 Å². The summed E-state index contributed by atoms with van der Waals surface area (Å²) in [5.41, 5.74) is 1.41. The van der Waals surface area contributed by atoms with Crippen molar-refractivity contribution in [1.82, 2.24) is 5.32 Å². The maximum atomic E-state index is 12.9. The fourth-order valence-corrected chi connectivity index (χ4v) is 4.94. The molecule has 0 aliphatic heterocycles. The molecule has 0 spiro atoms. The molecule has 2 N–H and O–H groups in total. The van der Waals surface area contributed by atoms with Crippen LogP contribution in [0, 0.1) is 3.57 Å². The topological polar surface area (TPSA) is 84.5 Å². The minimum atomic E-state index is -3.89. The number of methoxy groups -OCH3 is 1. The van der Waals surface area contributed by atoms with Crippen molar-refractivity contribution in [2.24, 2.45) is 0 Å². The Bertz CT molecular complexity index is 1150. The zero-order valence-electron chi connectivity index (χ0n) is 16.4. The molecule has 156 valence electrons. The number of sulfonamides is 1. The number of hydrogen-bond donors (Lipinski definition) is 2.